The second-order valence-electron chi connectivity index (χ2n) is 4.79. The lowest BCUT2D eigenvalue weighted by atomic mass is 10.1. The predicted molar refractivity (Wildman–Crippen MR) is 82.8 cm³/mol. The van der Waals surface area contributed by atoms with Crippen LogP contribution in [0.2, 0.25) is 0 Å². The average molecular weight is 297 g/mol. The fraction of sp³-hybridized carbons (Fsp3) is 0.176. The minimum Gasteiger partial charge on any atom is -0.325 e. The van der Waals surface area contributed by atoms with Crippen molar-refractivity contribution in [1.29, 1.82) is 5.26 Å². The van der Waals surface area contributed by atoms with E-state index in [0.29, 0.717) is 17.8 Å². The van der Waals surface area contributed by atoms with Gasteiger partial charge in [0.1, 0.15) is 5.82 Å². The Bertz CT molecular complexity index is 677. The summed E-state index contributed by atoms with van der Waals surface area (Å²) in [6, 6.07) is 15.1. The lowest BCUT2D eigenvalue weighted by Gasteiger charge is -2.07. The Hall–Kier alpha value is -2.71. The van der Waals surface area contributed by atoms with Gasteiger partial charge in [-0.2, -0.15) is 5.26 Å². The third kappa shape index (κ3) is 5.00. The molecule has 0 radical (unpaired) electrons. The van der Waals surface area contributed by atoms with Crippen LogP contribution in [-0.4, -0.2) is 19.0 Å². The van der Waals surface area contributed by atoms with E-state index in [0.717, 1.165) is 12.0 Å². The summed E-state index contributed by atoms with van der Waals surface area (Å²) in [6.45, 7) is 0.801. The van der Waals surface area contributed by atoms with E-state index in [4.69, 9.17) is 5.26 Å². The smallest absolute Gasteiger partial charge is 0.238 e. The third-order valence-electron chi connectivity index (χ3n) is 3.06. The quantitative estimate of drug-likeness (QED) is 0.805. The third-order valence-corrected chi connectivity index (χ3v) is 3.06. The maximum Gasteiger partial charge on any atom is 0.238 e. The minimum absolute atomic E-state index is 0.172. The van der Waals surface area contributed by atoms with E-state index in [2.05, 4.69) is 10.6 Å². The van der Waals surface area contributed by atoms with Gasteiger partial charge >= 0.3 is 0 Å². The number of hydrogen-bond acceptors (Lipinski definition) is 3. The number of halogens is 1. The molecule has 0 aromatic heterocycles. The zero-order valence-corrected chi connectivity index (χ0v) is 12.0. The zero-order chi connectivity index (χ0) is 15.8. The van der Waals surface area contributed by atoms with Crippen LogP contribution in [0.4, 0.5) is 10.1 Å². The van der Waals surface area contributed by atoms with Gasteiger partial charge in [0.15, 0.2) is 0 Å². The SMILES string of the molecule is N#Cc1cccc(NC(=O)CNCCc2ccc(F)cc2)c1. The molecule has 4 nitrogen and oxygen atoms in total. The van der Waals surface area contributed by atoms with E-state index < -0.39 is 0 Å². The van der Waals surface area contributed by atoms with Crippen LogP contribution in [0.3, 0.4) is 0 Å². The van der Waals surface area contributed by atoms with Gasteiger partial charge in [-0.1, -0.05) is 18.2 Å². The van der Waals surface area contributed by atoms with E-state index >= 15 is 0 Å². The molecule has 1 amide bonds. The molecule has 5 heteroatoms. The topological polar surface area (TPSA) is 64.9 Å². The maximum absolute atomic E-state index is 12.8. The molecule has 0 atom stereocenters. The van der Waals surface area contributed by atoms with Gasteiger partial charge in [0, 0.05) is 5.69 Å². The number of nitrogens with one attached hydrogen (secondary N) is 2. The second-order valence-corrected chi connectivity index (χ2v) is 4.79. The number of nitrogens with zero attached hydrogens (tertiary/aromatic N) is 1. The maximum atomic E-state index is 12.8. The Morgan fingerprint density at radius 1 is 1.18 bits per heavy atom. The van der Waals surface area contributed by atoms with Gasteiger partial charge in [-0.05, 0) is 48.9 Å². The second kappa shape index (κ2) is 7.91. The molecule has 0 aliphatic heterocycles. The molecule has 2 aromatic rings. The molecular weight excluding hydrogens is 281 g/mol. The van der Waals surface area contributed by atoms with Crippen LogP contribution >= 0.6 is 0 Å². The number of carbonyl (C=O) groups excluding carboxylic acids is 1. The summed E-state index contributed by atoms with van der Waals surface area (Å²) >= 11 is 0. The van der Waals surface area contributed by atoms with Crippen LogP contribution in [0, 0.1) is 17.1 Å². The number of rotatable bonds is 6. The summed E-state index contributed by atoms with van der Waals surface area (Å²) in [6.07, 6.45) is 0.720. The van der Waals surface area contributed by atoms with Crippen LogP contribution in [0.25, 0.3) is 0 Å². The molecule has 0 bridgehead atoms. The van der Waals surface area contributed by atoms with Crippen LogP contribution in [-0.2, 0) is 11.2 Å². The van der Waals surface area contributed by atoms with Gasteiger partial charge in [0.25, 0.3) is 0 Å². The molecule has 0 unspecified atom stereocenters. The van der Waals surface area contributed by atoms with Gasteiger partial charge in [-0.15, -0.1) is 0 Å². The standard InChI is InChI=1S/C17H16FN3O/c18-15-6-4-13(5-7-15)8-9-20-12-17(22)21-16-3-1-2-14(10-16)11-19/h1-7,10,20H,8-9,12H2,(H,21,22). The summed E-state index contributed by atoms with van der Waals surface area (Å²) in [4.78, 5) is 11.8. The molecule has 0 spiro atoms. The van der Waals surface area contributed by atoms with E-state index in [1.807, 2.05) is 6.07 Å². The van der Waals surface area contributed by atoms with Crippen LogP contribution in [0.1, 0.15) is 11.1 Å². The predicted octanol–water partition coefficient (Wildman–Crippen LogP) is 2.47. The van der Waals surface area contributed by atoms with Gasteiger partial charge in [0.2, 0.25) is 5.91 Å². The van der Waals surface area contributed by atoms with Crippen molar-refractivity contribution < 1.29 is 9.18 Å². The van der Waals surface area contributed by atoms with Crippen molar-refractivity contribution in [2.24, 2.45) is 0 Å². The Balaban J connectivity index is 1.71. The molecule has 22 heavy (non-hydrogen) atoms. The van der Waals surface area contributed by atoms with Gasteiger partial charge in [-0.25, -0.2) is 4.39 Å². The highest BCUT2D eigenvalue weighted by molar-refractivity contribution is 5.92. The minimum atomic E-state index is -0.254. The van der Waals surface area contributed by atoms with Crippen molar-refractivity contribution in [2.75, 3.05) is 18.4 Å². The fourth-order valence-electron chi connectivity index (χ4n) is 1.96. The Morgan fingerprint density at radius 2 is 1.95 bits per heavy atom. The molecule has 0 saturated carbocycles. The van der Waals surface area contributed by atoms with Crippen LogP contribution in [0.5, 0.6) is 0 Å². The summed E-state index contributed by atoms with van der Waals surface area (Å²) < 4.78 is 12.8. The first-order valence-corrected chi connectivity index (χ1v) is 6.92. The number of amides is 1. The number of carbonyl (C=O) groups is 1. The molecule has 0 saturated heterocycles. The summed E-state index contributed by atoms with van der Waals surface area (Å²) in [5, 5.41) is 14.5. The molecule has 2 N–H and O–H groups in total. The molecule has 0 aliphatic rings. The van der Waals surface area contributed by atoms with Gasteiger partial charge < -0.3 is 10.6 Å². The Kier molecular flexibility index (Phi) is 5.64. The van der Waals surface area contributed by atoms with E-state index in [9.17, 15) is 9.18 Å². The number of nitriles is 1. The first-order chi connectivity index (χ1) is 10.7. The highest BCUT2D eigenvalue weighted by Gasteiger charge is 2.02. The van der Waals surface area contributed by atoms with Crippen molar-refractivity contribution in [2.45, 2.75) is 6.42 Å². The van der Waals surface area contributed by atoms with E-state index in [1.54, 1.807) is 36.4 Å². The highest BCUT2D eigenvalue weighted by Crippen LogP contribution is 2.09. The normalized spacial score (nSPS) is 10.0. The molecule has 0 aliphatic carbocycles. The molecule has 0 heterocycles. The van der Waals surface area contributed by atoms with Crippen molar-refractivity contribution >= 4 is 11.6 Å². The Morgan fingerprint density at radius 3 is 2.68 bits per heavy atom. The summed E-state index contributed by atoms with van der Waals surface area (Å²) in [5.41, 5.74) is 2.11. The monoisotopic (exact) mass is 297 g/mol. The molecule has 2 aromatic carbocycles. The summed E-state index contributed by atoms with van der Waals surface area (Å²) in [5.74, 6) is -0.426. The van der Waals surface area contributed by atoms with Crippen molar-refractivity contribution in [3.63, 3.8) is 0 Å². The molecule has 2 rings (SSSR count). The number of anilines is 1. The largest absolute Gasteiger partial charge is 0.325 e. The van der Waals surface area contributed by atoms with E-state index in [-0.39, 0.29) is 18.3 Å². The number of hydrogen-bond donors (Lipinski definition) is 2. The lowest BCUT2D eigenvalue weighted by molar-refractivity contribution is -0.115. The fourth-order valence-corrected chi connectivity index (χ4v) is 1.96. The summed E-state index contributed by atoms with van der Waals surface area (Å²) in [7, 11) is 0. The van der Waals surface area contributed by atoms with Crippen molar-refractivity contribution in [1.82, 2.24) is 5.32 Å². The van der Waals surface area contributed by atoms with Crippen molar-refractivity contribution in [3.05, 3.63) is 65.5 Å². The Labute approximate surface area is 128 Å². The lowest BCUT2D eigenvalue weighted by Crippen LogP contribution is -2.29. The molecular formula is C17H16FN3O. The zero-order valence-electron chi connectivity index (χ0n) is 12.0. The van der Waals surface area contributed by atoms with Crippen LogP contribution < -0.4 is 10.6 Å². The van der Waals surface area contributed by atoms with Crippen molar-refractivity contribution in [3.8, 4) is 6.07 Å². The van der Waals surface area contributed by atoms with E-state index in [1.165, 1.54) is 12.1 Å². The average Bonchev–Trinajstić information content (AvgIpc) is 2.53. The van der Waals surface area contributed by atoms with Crippen LogP contribution in [0.15, 0.2) is 48.5 Å². The van der Waals surface area contributed by atoms with Gasteiger partial charge in [0.05, 0.1) is 18.2 Å². The first kappa shape index (κ1) is 15.7. The number of benzene rings is 2. The molecule has 0 fully saturated rings. The first-order valence-electron chi connectivity index (χ1n) is 6.92. The van der Waals surface area contributed by atoms with Gasteiger partial charge in [-0.3, -0.25) is 4.79 Å². The molecule has 112 valence electrons. The highest BCUT2D eigenvalue weighted by atomic mass is 19.1.